The van der Waals surface area contributed by atoms with Crippen LogP contribution < -0.4 is 0 Å². The predicted molar refractivity (Wildman–Crippen MR) is 74.9 cm³/mol. The largest absolute Gasteiger partial charge is 0.386 e. The summed E-state index contributed by atoms with van der Waals surface area (Å²) in [5, 5.41) is 20.2. The Kier molecular flexibility index (Phi) is 3.81. The Morgan fingerprint density at radius 1 is 1.33 bits per heavy atom. The first-order valence-electron chi connectivity index (χ1n) is 6.35. The lowest BCUT2D eigenvalue weighted by molar-refractivity contribution is 0.0993. The van der Waals surface area contributed by atoms with E-state index in [1.54, 1.807) is 19.9 Å². The van der Waals surface area contributed by atoms with Crippen molar-refractivity contribution in [1.29, 1.82) is 0 Å². The van der Waals surface area contributed by atoms with E-state index in [9.17, 15) is 10.2 Å². The molecular formula is C16H24O2. The monoisotopic (exact) mass is 248 g/mol. The first-order chi connectivity index (χ1) is 8.02. The third kappa shape index (κ3) is 3.04. The molecule has 2 heteroatoms. The Bertz CT molecular complexity index is 427. The van der Waals surface area contributed by atoms with Gasteiger partial charge in [0.2, 0.25) is 0 Å². The highest BCUT2D eigenvalue weighted by molar-refractivity contribution is 5.43. The van der Waals surface area contributed by atoms with Crippen LogP contribution in [-0.4, -0.2) is 21.4 Å². The van der Waals surface area contributed by atoms with Gasteiger partial charge in [-0.15, -0.1) is 6.42 Å². The van der Waals surface area contributed by atoms with Crippen LogP contribution in [0.5, 0.6) is 0 Å². The molecule has 0 aliphatic heterocycles. The number of hydrogen-bond donors (Lipinski definition) is 2. The minimum atomic E-state index is -1.14. The average molecular weight is 248 g/mol. The van der Waals surface area contributed by atoms with Crippen molar-refractivity contribution < 1.29 is 10.2 Å². The highest BCUT2D eigenvalue weighted by atomic mass is 16.3. The molecule has 0 bridgehead atoms. The van der Waals surface area contributed by atoms with Crippen molar-refractivity contribution in [1.82, 2.24) is 0 Å². The van der Waals surface area contributed by atoms with Gasteiger partial charge >= 0.3 is 0 Å². The molecule has 2 nitrogen and oxygen atoms in total. The zero-order chi connectivity index (χ0) is 14.2. The molecule has 0 saturated heterocycles. The topological polar surface area (TPSA) is 40.5 Å². The van der Waals surface area contributed by atoms with Crippen molar-refractivity contribution in [3.05, 3.63) is 23.3 Å². The molecule has 0 aromatic rings. The molecule has 0 radical (unpaired) electrons. The van der Waals surface area contributed by atoms with E-state index in [-0.39, 0.29) is 5.41 Å². The maximum absolute atomic E-state index is 10.4. The van der Waals surface area contributed by atoms with Crippen molar-refractivity contribution in [3.8, 4) is 12.3 Å². The molecule has 0 aromatic carbocycles. The molecule has 0 aromatic heterocycles. The third-order valence-electron chi connectivity index (χ3n) is 3.76. The van der Waals surface area contributed by atoms with Gasteiger partial charge in [0, 0.05) is 0 Å². The van der Waals surface area contributed by atoms with Gasteiger partial charge in [-0.1, -0.05) is 31.9 Å². The summed E-state index contributed by atoms with van der Waals surface area (Å²) in [7, 11) is 0. The maximum Gasteiger partial charge on any atom is 0.147 e. The summed E-state index contributed by atoms with van der Waals surface area (Å²) in [5.74, 6) is 2.50. The normalized spacial score (nSPS) is 28.6. The van der Waals surface area contributed by atoms with Crippen LogP contribution in [0.2, 0.25) is 0 Å². The van der Waals surface area contributed by atoms with E-state index in [1.807, 2.05) is 13.0 Å². The van der Waals surface area contributed by atoms with E-state index in [2.05, 4.69) is 19.8 Å². The molecule has 1 atom stereocenters. The Hall–Kier alpha value is -1.04. The molecule has 18 heavy (non-hydrogen) atoms. The van der Waals surface area contributed by atoms with E-state index in [4.69, 9.17) is 6.42 Å². The summed E-state index contributed by atoms with van der Waals surface area (Å²) in [6, 6.07) is 0. The molecule has 0 saturated carbocycles. The van der Waals surface area contributed by atoms with Crippen LogP contribution in [0, 0.1) is 17.8 Å². The fraction of sp³-hybridized carbons (Fsp3) is 0.625. The fourth-order valence-electron chi connectivity index (χ4n) is 2.36. The van der Waals surface area contributed by atoms with Gasteiger partial charge in [0.25, 0.3) is 0 Å². The minimum absolute atomic E-state index is 0.0328. The molecule has 0 amide bonds. The van der Waals surface area contributed by atoms with Crippen molar-refractivity contribution in [2.24, 2.45) is 5.41 Å². The lowest BCUT2D eigenvalue weighted by Gasteiger charge is -2.40. The Morgan fingerprint density at radius 3 is 2.33 bits per heavy atom. The summed E-state index contributed by atoms with van der Waals surface area (Å²) in [4.78, 5) is 0. The highest BCUT2D eigenvalue weighted by Gasteiger charge is 2.39. The maximum atomic E-state index is 10.4. The molecule has 100 valence electrons. The van der Waals surface area contributed by atoms with Crippen molar-refractivity contribution in [2.75, 3.05) is 0 Å². The van der Waals surface area contributed by atoms with E-state index < -0.39 is 11.2 Å². The number of terminal acetylenes is 1. The molecule has 1 aliphatic carbocycles. The summed E-state index contributed by atoms with van der Waals surface area (Å²) in [5.41, 5.74) is -0.197. The van der Waals surface area contributed by atoms with Gasteiger partial charge in [0.1, 0.15) is 5.60 Å². The first kappa shape index (κ1) is 15.0. The van der Waals surface area contributed by atoms with Crippen LogP contribution in [0.15, 0.2) is 23.3 Å². The van der Waals surface area contributed by atoms with Crippen LogP contribution in [0.4, 0.5) is 0 Å². The van der Waals surface area contributed by atoms with E-state index >= 15 is 0 Å². The van der Waals surface area contributed by atoms with Crippen molar-refractivity contribution >= 4 is 0 Å². The second-order valence-electron chi connectivity index (χ2n) is 6.41. The van der Waals surface area contributed by atoms with Crippen molar-refractivity contribution in [3.63, 3.8) is 0 Å². The first-order valence-corrected chi connectivity index (χ1v) is 6.35. The molecule has 1 unspecified atom stereocenters. The number of aliphatic hydroxyl groups is 2. The zero-order valence-electron chi connectivity index (χ0n) is 12.0. The Morgan fingerprint density at radius 2 is 1.89 bits per heavy atom. The molecular weight excluding hydrogens is 224 g/mol. The Balaban J connectivity index is 3.28. The smallest absolute Gasteiger partial charge is 0.147 e. The number of rotatable bonds is 2. The van der Waals surface area contributed by atoms with Crippen LogP contribution in [0.3, 0.4) is 0 Å². The van der Waals surface area contributed by atoms with Gasteiger partial charge < -0.3 is 10.2 Å². The van der Waals surface area contributed by atoms with Crippen LogP contribution in [-0.2, 0) is 0 Å². The SMILES string of the molecule is C#CC1(O)CCC(C)(C)C(/C=C/C(C)(C)O)=C1C. The van der Waals surface area contributed by atoms with Crippen molar-refractivity contribution in [2.45, 2.75) is 58.7 Å². The highest BCUT2D eigenvalue weighted by Crippen LogP contribution is 2.45. The van der Waals surface area contributed by atoms with E-state index in [0.717, 1.165) is 17.6 Å². The number of allylic oxidation sites excluding steroid dienone is 2. The molecule has 0 fully saturated rings. The standard InChI is InChI=1S/C16H24O2/c1-7-16(18)11-10-14(3,4)13(12(16)2)8-9-15(5,6)17/h1,8-9,17-18H,10-11H2,2-6H3/b9-8+. The fourth-order valence-corrected chi connectivity index (χ4v) is 2.36. The summed E-state index contributed by atoms with van der Waals surface area (Å²) in [6.07, 6.45) is 10.5. The van der Waals surface area contributed by atoms with Crippen LogP contribution in [0.25, 0.3) is 0 Å². The molecule has 1 aliphatic rings. The van der Waals surface area contributed by atoms with E-state index in [1.165, 1.54) is 0 Å². The zero-order valence-corrected chi connectivity index (χ0v) is 12.0. The minimum Gasteiger partial charge on any atom is -0.386 e. The quantitative estimate of drug-likeness (QED) is 0.738. The number of hydrogen-bond acceptors (Lipinski definition) is 2. The Labute approximate surface area is 110 Å². The molecule has 2 N–H and O–H groups in total. The summed E-state index contributed by atoms with van der Waals surface area (Å²) < 4.78 is 0. The predicted octanol–water partition coefficient (Wildman–Crippen LogP) is 2.81. The van der Waals surface area contributed by atoms with Crippen LogP contribution in [0.1, 0.15) is 47.5 Å². The lowest BCUT2D eigenvalue weighted by Crippen LogP contribution is -2.37. The summed E-state index contributed by atoms with van der Waals surface area (Å²) >= 11 is 0. The second kappa shape index (κ2) is 4.57. The van der Waals surface area contributed by atoms with Gasteiger partial charge in [0.15, 0.2) is 0 Å². The molecule has 0 spiro atoms. The lowest BCUT2D eigenvalue weighted by atomic mass is 9.67. The average Bonchev–Trinajstić information content (AvgIpc) is 2.22. The van der Waals surface area contributed by atoms with Gasteiger partial charge in [-0.05, 0) is 50.2 Å². The molecule has 0 heterocycles. The second-order valence-corrected chi connectivity index (χ2v) is 6.41. The van der Waals surface area contributed by atoms with Crippen LogP contribution >= 0.6 is 0 Å². The molecule has 1 rings (SSSR count). The third-order valence-corrected chi connectivity index (χ3v) is 3.76. The van der Waals surface area contributed by atoms with Gasteiger partial charge in [-0.3, -0.25) is 0 Å². The van der Waals surface area contributed by atoms with Gasteiger partial charge in [-0.25, -0.2) is 0 Å². The van der Waals surface area contributed by atoms with E-state index in [0.29, 0.717) is 6.42 Å². The van der Waals surface area contributed by atoms with Gasteiger partial charge in [-0.2, -0.15) is 0 Å². The van der Waals surface area contributed by atoms with Gasteiger partial charge in [0.05, 0.1) is 5.60 Å². The summed E-state index contributed by atoms with van der Waals surface area (Å²) in [6.45, 7) is 9.60.